The van der Waals surface area contributed by atoms with Crippen LogP contribution in [-0.2, 0) is 4.79 Å². The zero-order chi connectivity index (χ0) is 14.2. The average Bonchev–Trinajstić information content (AvgIpc) is 2.87. The van der Waals surface area contributed by atoms with Crippen molar-refractivity contribution >= 4 is 17.4 Å². The number of carbonyl (C=O) groups excluding carboxylic acids is 1. The maximum absolute atomic E-state index is 12.5. The summed E-state index contributed by atoms with van der Waals surface area (Å²) in [6, 6.07) is -0.00148. The van der Waals surface area contributed by atoms with Crippen molar-refractivity contribution in [2.75, 3.05) is 10.6 Å². The predicted octanol–water partition coefficient (Wildman–Crippen LogP) is 2.64. The van der Waals surface area contributed by atoms with Crippen molar-refractivity contribution in [3.05, 3.63) is 23.4 Å². The molecule has 0 amide bonds. The van der Waals surface area contributed by atoms with Gasteiger partial charge in [0.2, 0.25) is 11.6 Å². The van der Waals surface area contributed by atoms with Crippen LogP contribution in [0.15, 0.2) is 28.1 Å². The Morgan fingerprint density at radius 2 is 2.10 bits per heavy atom. The predicted molar refractivity (Wildman–Crippen MR) is 77.7 cm³/mol. The Labute approximate surface area is 122 Å². The maximum Gasteiger partial charge on any atom is 0.219 e. The Hall–Kier alpha value is -2.11. The average molecular weight is 286 g/mol. The lowest BCUT2D eigenvalue weighted by Crippen LogP contribution is -2.36. The molecule has 1 aromatic heterocycles. The molecular formula is C15H18N4O2. The molecule has 6 heteroatoms. The van der Waals surface area contributed by atoms with Crippen molar-refractivity contribution in [3.63, 3.8) is 0 Å². The minimum Gasteiger partial charge on any atom is -0.357 e. The number of nitrogens with one attached hydrogen (secondary N) is 2. The molecule has 1 aliphatic heterocycles. The van der Waals surface area contributed by atoms with E-state index in [1.165, 1.54) is 0 Å². The van der Waals surface area contributed by atoms with E-state index in [9.17, 15) is 4.79 Å². The van der Waals surface area contributed by atoms with E-state index in [0.717, 1.165) is 43.4 Å². The molecule has 0 saturated heterocycles. The highest BCUT2D eigenvalue weighted by Gasteiger charge is 2.36. The number of aromatic nitrogens is 2. The number of nitrogens with zero attached hydrogens (tertiary/aromatic N) is 2. The molecule has 110 valence electrons. The van der Waals surface area contributed by atoms with E-state index in [1.807, 2.05) is 0 Å². The second-order valence-electron chi connectivity index (χ2n) is 5.92. The third-order valence-electron chi connectivity index (χ3n) is 4.60. The first kappa shape index (κ1) is 12.6. The second-order valence-corrected chi connectivity index (χ2v) is 5.92. The number of carbonyl (C=O) groups is 1. The van der Waals surface area contributed by atoms with Gasteiger partial charge < -0.3 is 10.6 Å². The van der Waals surface area contributed by atoms with Crippen molar-refractivity contribution < 1.29 is 9.42 Å². The summed E-state index contributed by atoms with van der Waals surface area (Å²) in [7, 11) is 0. The van der Waals surface area contributed by atoms with Crippen LogP contribution in [0, 0.1) is 5.92 Å². The van der Waals surface area contributed by atoms with Crippen LogP contribution in [0.5, 0.6) is 0 Å². The summed E-state index contributed by atoms with van der Waals surface area (Å²) < 4.78 is 4.82. The van der Waals surface area contributed by atoms with Gasteiger partial charge in [0.25, 0.3) is 0 Å². The van der Waals surface area contributed by atoms with Gasteiger partial charge in [0, 0.05) is 17.7 Å². The molecule has 0 unspecified atom stereocenters. The molecule has 21 heavy (non-hydrogen) atoms. The van der Waals surface area contributed by atoms with Gasteiger partial charge in [-0.1, -0.05) is 12.2 Å². The van der Waals surface area contributed by atoms with Crippen LogP contribution < -0.4 is 10.6 Å². The number of hydrogen-bond acceptors (Lipinski definition) is 6. The fourth-order valence-electron chi connectivity index (χ4n) is 3.56. The first-order valence-electron chi connectivity index (χ1n) is 7.60. The summed E-state index contributed by atoms with van der Waals surface area (Å²) in [5.41, 5.74) is 1.90. The van der Waals surface area contributed by atoms with Crippen molar-refractivity contribution in [1.29, 1.82) is 0 Å². The molecular weight excluding hydrogens is 268 g/mol. The molecule has 0 bridgehead atoms. The number of fused-ring (bicyclic) bond motifs is 1. The van der Waals surface area contributed by atoms with Crippen molar-refractivity contribution in [2.45, 2.75) is 44.6 Å². The third-order valence-corrected chi connectivity index (χ3v) is 4.60. The quantitative estimate of drug-likeness (QED) is 0.773. The number of Topliss-reactive ketones (excluding diaryl/α,β-unsaturated/α-hetero) is 1. The van der Waals surface area contributed by atoms with Gasteiger partial charge in [-0.2, -0.15) is 0 Å². The van der Waals surface area contributed by atoms with E-state index in [0.29, 0.717) is 24.0 Å². The topological polar surface area (TPSA) is 80.1 Å². The monoisotopic (exact) mass is 286 g/mol. The Bertz CT molecular complexity index is 631. The number of hydrogen-bond donors (Lipinski definition) is 2. The molecule has 2 aliphatic carbocycles. The summed E-state index contributed by atoms with van der Waals surface area (Å²) in [6.45, 7) is 0. The van der Waals surface area contributed by atoms with Gasteiger partial charge >= 0.3 is 0 Å². The van der Waals surface area contributed by atoms with Crippen LogP contribution in [0.3, 0.4) is 0 Å². The zero-order valence-electron chi connectivity index (χ0n) is 11.8. The van der Waals surface area contributed by atoms with Gasteiger partial charge in [-0.25, -0.2) is 4.63 Å². The van der Waals surface area contributed by atoms with Crippen molar-refractivity contribution in [2.24, 2.45) is 5.92 Å². The number of ketones is 1. The van der Waals surface area contributed by atoms with Crippen LogP contribution >= 0.6 is 0 Å². The zero-order valence-corrected chi connectivity index (χ0v) is 11.8. The lowest BCUT2D eigenvalue weighted by atomic mass is 9.79. The highest BCUT2D eigenvalue weighted by atomic mass is 16.6. The summed E-state index contributed by atoms with van der Waals surface area (Å²) in [5.74, 6) is 1.85. The molecule has 0 aromatic carbocycles. The fourth-order valence-corrected chi connectivity index (χ4v) is 3.56. The normalized spacial score (nSPS) is 28.3. The Morgan fingerprint density at radius 3 is 2.95 bits per heavy atom. The SMILES string of the molecule is O=C1CCCC2=C1[C@H]([C@@H]1CC=CCC1)Nc1nonc1N2. The highest BCUT2D eigenvalue weighted by Crippen LogP contribution is 2.37. The van der Waals surface area contributed by atoms with Crippen molar-refractivity contribution in [3.8, 4) is 0 Å². The molecule has 2 heterocycles. The van der Waals surface area contributed by atoms with Crippen LogP contribution in [0.25, 0.3) is 0 Å². The van der Waals surface area contributed by atoms with Gasteiger partial charge in [-0.05, 0) is 48.3 Å². The van der Waals surface area contributed by atoms with Gasteiger partial charge in [0.15, 0.2) is 5.78 Å². The number of rotatable bonds is 1. The molecule has 0 saturated carbocycles. The third kappa shape index (κ3) is 2.14. The first-order chi connectivity index (χ1) is 10.3. The summed E-state index contributed by atoms with van der Waals surface area (Å²) in [5, 5.41) is 14.5. The number of anilines is 2. The first-order valence-corrected chi connectivity index (χ1v) is 7.60. The summed E-state index contributed by atoms with van der Waals surface area (Å²) in [6.07, 6.45) is 9.97. The molecule has 3 aliphatic rings. The van der Waals surface area contributed by atoms with Gasteiger partial charge in [0.05, 0.1) is 6.04 Å². The van der Waals surface area contributed by atoms with Crippen LogP contribution in [-0.4, -0.2) is 22.1 Å². The molecule has 4 rings (SSSR count). The van der Waals surface area contributed by atoms with Gasteiger partial charge in [-0.3, -0.25) is 4.79 Å². The highest BCUT2D eigenvalue weighted by molar-refractivity contribution is 6.00. The lowest BCUT2D eigenvalue weighted by Gasteiger charge is -2.31. The second kappa shape index (κ2) is 5.02. The summed E-state index contributed by atoms with van der Waals surface area (Å²) >= 11 is 0. The van der Waals surface area contributed by atoms with Crippen LogP contribution in [0.4, 0.5) is 11.6 Å². The molecule has 0 radical (unpaired) electrons. The van der Waals surface area contributed by atoms with Crippen LogP contribution in [0.2, 0.25) is 0 Å². The molecule has 2 atom stereocenters. The largest absolute Gasteiger partial charge is 0.357 e. The number of allylic oxidation sites excluding steroid dienone is 3. The van der Waals surface area contributed by atoms with Gasteiger partial charge in [0.1, 0.15) is 0 Å². The van der Waals surface area contributed by atoms with Crippen molar-refractivity contribution in [1.82, 2.24) is 10.3 Å². The molecule has 0 spiro atoms. The Kier molecular flexibility index (Phi) is 3.02. The minimum atomic E-state index is -0.00148. The Morgan fingerprint density at radius 1 is 1.19 bits per heavy atom. The van der Waals surface area contributed by atoms with E-state index in [-0.39, 0.29) is 11.8 Å². The Balaban J connectivity index is 1.77. The molecule has 1 aromatic rings. The van der Waals surface area contributed by atoms with E-state index in [2.05, 4.69) is 33.1 Å². The molecule has 0 fully saturated rings. The fraction of sp³-hybridized carbons (Fsp3) is 0.533. The van der Waals surface area contributed by atoms with Crippen LogP contribution in [0.1, 0.15) is 38.5 Å². The lowest BCUT2D eigenvalue weighted by molar-refractivity contribution is -0.116. The van der Waals surface area contributed by atoms with Gasteiger partial charge in [-0.15, -0.1) is 0 Å². The minimum absolute atomic E-state index is 0.00148. The van der Waals surface area contributed by atoms with E-state index in [4.69, 9.17) is 4.63 Å². The van der Waals surface area contributed by atoms with E-state index in [1.54, 1.807) is 0 Å². The van der Waals surface area contributed by atoms with E-state index < -0.39 is 0 Å². The van der Waals surface area contributed by atoms with E-state index >= 15 is 0 Å². The summed E-state index contributed by atoms with van der Waals surface area (Å²) in [4.78, 5) is 12.5. The molecule has 6 nitrogen and oxygen atoms in total. The maximum atomic E-state index is 12.5. The molecule has 2 N–H and O–H groups in total. The standard InChI is InChI=1S/C15H18N4O2/c20-11-8-4-7-10-12(11)13(9-5-2-1-3-6-9)17-15-14(16-10)18-21-19-15/h1-2,9,13H,3-8H2,(H,16,18)(H,17,19)/t9-,13+/m1/s1. The smallest absolute Gasteiger partial charge is 0.219 e.